The molecule has 0 saturated carbocycles. The van der Waals surface area contributed by atoms with E-state index >= 15 is 0 Å². The second-order valence-electron chi connectivity index (χ2n) is 4.60. The van der Waals surface area contributed by atoms with Gasteiger partial charge in [-0.05, 0) is 12.1 Å². The smallest absolute Gasteiger partial charge is 0.346 e. The quantitative estimate of drug-likeness (QED) is 0.888. The first kappa shape index (κ1) is 13.7. The van der Waals surface area contributed by atoms with Gasteiger partial charge >= 0.3 is 5.97 Å². The Hall–Kier alpha value is -1.69. The molecule has 1 unspecified atom stereocenters. The molecule has 1 saturated heterocycles. The Bertz CT molecular complexity index is 439. The number of rotatable bonds is 5. The van der Waals surface area contributed by atoms with E-state index in [0.717, 1.165) is 0 Å². The van der Waals surface area contributed by atoms with Gasteiger partial charge in [0.2, 0.25) is 6.10 Å². The Balaban J connectivity index is 1.96. The summed E-state index contributed by atoms with van der Waals surface area (Å²) < 4.78 is 31.4. The van der Waals surface area contributed by atoms with E-state index in [4.69, 9.17) is 9.84 Å². The number of carboxylic acids is 1. The second-order valence-corrected chi connectivity index (χ2v) is 4.60. The van der Waals surface area contributed by atoms with Crippen molar-refractivity contribution in [3.63, 3.8) is 0 Å². The number of para-hydroxylation sites is 1. The summed E-state index contributed by atoms with van der Waals surface area (Å²) in [5.41, 5.74) is 0. The fourth-order valence-corrected chi connectivity index (χ4v) is 2.03. The predicted molar refractivity (Wildman–Crippen MR) is 64.5 cm³/mol. The number of hydrogen-bond acceptors (Lipinski definition) is 3. The summed E-state index contributed by atoms with van der Waals surface area (Å²) in [7, 11) is 0. The van der Waals surface area contributed by atoms with Crippen LogP contribution in [0.1, 0.15) is 6.42 Å². The van der Waals surface area contributed by atoms with Gasteiger partial charge in [-0.15, -0.1) is 0 Å². The lowest BCUT2D eigenvalue weighted by atomic mass is 10.3. The van der Waals surface area contributed by atoms with E-state index < -0.39 is 24.5 Å². The normalized spacial score (nSPS) is 20.1. The van der Waals surface area contributed by atoms with Crippen LogP contribution in [0.25, 0.3) is 0 Å². The first-order chi connectivity index (χ1) is 8.96. The van der Waals surface area contributed by atoms with Crippen LogP contribution in [-0.2, 0) is 4.79 Å². The Morgan fingerprint density at radius 2 is 2.11 bits per heavy atom. The van der Waals surface area contributed by atoms with E-state index in [2.05, 4.69) is 0 Å². The highest BCUT2D eigenvalue weighted by Crippen LogP contribution is 2.27. The highest BCUT2D eigenvalue weighted by molar-refractivity contribution is 5.73. The van der Waals surface area contributed by atoms with Crippen LogP contribution in [0.4, 0.5) is 8.78 Å². The van der Waals surface area contributed by atoms with Crippen LogP contribution < -0.4 is 4.74 Å². The summed E-state index contributed by atoms with van der Waals surface area (Å²) >= 11 is 0. The van der Waals surface area contributed by atoms with Crippen molar-refractivity contribution in [3.05, 3.63) is 30.3 Å². The van der Waals surface area contributed by atoms with Crippen molar-refractivity contribution in [2.45, 2.75) is 18.4 Å². The number of hydrogen-bond donors (Lipinski definition) is 1. The van der Waals surface area contributed by atoms with Crippen LogP contribution in [-0.4, -0.2) is 47.6 Å². The van der Waals surface area contributed by atoms with Crippen LogP contribution in [0.5, 0.6) is 5.75 Å². The van der Waals surface area contributed by atoms with Crippen molar-refractivity contribution in [1.82, 2.24) is 4.90 Å². The summed E-state index contributed by atoms with van der Waals surface area (Å²) in [4.78, 5) is 12.5. The maximum Gasteiger partial charge on any atom is 0.346 e. The van der Waals surface area contributed by atoms with Crippen LogP contribution in [0.15, 0.2) is 30.3 Å². The summed E-state index contributed by atoms with van der Waals surface area (Å²) in [6, 6.07) is 8.49. The molecule has 1 N–H and O–H groups in total. The van der Waals surface area contributed by atoms with Crippen molar-refractivity contribution in [2.24, 2.45) is 0 Å². The number of ether oxygens (including phenoxy) is 1. The average molecular weight is 271 g/mol. The largest absolute Gasteiger partial charge is 0.478 e. The molecule has 0 aromatic heterocycles. The Morgan fingerprint density at radius 1 is 1.42 bits per heavy atom. The topological polar surface area (TPSA) is 49.8 Å². The van der Waals surface area contributed by atoms with Gasteiger partial charge in [-0.3, -0.25) is 4.90 Å². The molecule has 0 bridgehead atoms. The lowest BCUT2D eigenvalue weighted by Gasteiger charge is -2.21. The summed E-state index contributed by atoms with van der Waals surface area (Å²) in [6.45, 7) is -0.260. The van der Waals surface area contributed by atoms with Crippen LogP contribution >= 0.6 is 0 Å². The van der Waals surface area contributed by atoms with Gasteiger partial charge in [0, 0.05) is 19.5 Å². The van der Waals surface area contributed by atoms with Gasteiger partial charge in [-0.25, -0.2) is 13.6 Å². The first-order valence-corrected chi connectivity index (χ1v) is 6.01. The molecule has 1 aliphatic heterocycles. The number of carbonyl (C=O) groups is 1. The molecule has 0 radical (unpaired) electrons. The summed E-state index contributed by atoms with van der Waals surface area (Å²) in [6.07, 6.45) is -1.37. The third kappa shape index (κ3) is 3.89. The van der Waals surface area contributed by atoms with E-state index in [1.165, 1.54) is 4.90 Å². The van der Waals surface area contributed by atoms with Crippen molar-refractivity contribution >= 4 is 5.97 Å². The molecular weight excluding hydrogens is 256 g/mol. The van der Waals surface area contributed by atoms with Gasteiger partial charge in [0.25, 0.3) is 5.92 Å². The molecular formula is C13H15F2NO3. The maximum atomic E-state index is 13.0. The van der Waals surface area contributed by atoms with E-state index in [-0.39, 0.29) is 19.5 Å². The summed E-state index contributed by atoms with van der Waals surface area (Å²) in [5, 5.41) is 9.09. The van der Waals surface area contributed by atoms with Gasteiger partial charge in [0.15, 0.2) is 0 Å². The monoisotopic (exact) mass is 271 g/mol. The molecule has 2 rings (SSSR count). The lowest BCUT2D eigenvalue weighted by molar-refractivity contribution is -0.146. The SMILES string of the molecule is O=C(O)C(CN1CCC(F)(F)C1)Oc1ccccc1. The fraction of sp³-hybridized carbons (Fsp3) is 0.462. The number of carboxylic acid groups (broad SMARTS) is 1. The van der Waals surface area contributed by atoms with Crippen molar-refractivity contribution in [1.29, 1.82) is 0 Å². The molecule has 6 heteroatoms. The van der Waals surface area contributed by atoms with E-state index in [0.29, 0.717) is 5.75 Å². The number of halogens is 2. The molecule has 0 spiro atoms. The zero-order valence-corrected chi connectivity index (χ0v) is 10.3. The Morgan fingerprint density at radius 3 is 2.63 bits per heavy atom. The number of benzene rings is 1. The standard InChI is InChI=1S/C13H15F2NO3/c14-13(15)6-7-16(9-13)8-11(12(17)18)19-10-4-2-1-3-5-10/h1-5,11H,6-9H2,(H,17,18). The minimum Gasteiger partial charge on any atom is -0.478 e. The number of nitrogens with zero attached hydrogens (tertiary/aromatic N) is 1. The lowest BCUT2D eigenvalue weighted by Crippen LogP contribution is -2.40. The first-order valence-electron chi connectivity index (χ1n) is 6.01. The van der Waals surface area contributed by atoms with Crippen molar-refractivity contribution < 1.29 is 23.4 Å². The molecule has 1 aromatic carbocycles. The van der Waals surface area contributed by atoms with E-state index in [1.54, 1.807) is 30.3 Å². The minimum absolute atomic E-state index is 0.0418. The predicted octanol–water partition coefficient (Wildman–Crippen LogP) is 1.86. The van der Waals surface area contributed by atoms with E-state index in [1.807, 2.05) is 0 Å². The Kier molecular flexibility index (Phi) is 3.99. The Labute approximate surface area is 109 Å². The molecule has 0 aliphatic carbocycles. The maximum absolute atomic E-state index is 13.0. The molecule has 1 heterocycles. The van der Waals surface area contributed by atoms with Gasteiger partial charge < -0.3 is 9.84 Å². The second kappa shape index (κ2) is 5.52. The highest BCUT2D eigenvalue weighted by atomic mass is 19.3. The van der Waals surface area contributed by atoms with Crippen LogP contribution in [0.3, 0.4) is 0 Å². The molecule has 1 aliphatic rings. The molecule has 104 valence electrons. The van der Waals surface area contributed by atoms with Gasteiger partial charge in [0.1, 0.15) is 5.75 Å². The number of aliphatic carboxylic acids is 1. The highest BCUT2D eigenvalue weighted by Gasteiger charge is 2.39. The van der Waals surface area contributed by atoms with Gasteiger partial charge in [-0.2, -0.15) is 0 Å². The number of alkyl halides is 2. The average Bonchev–Trinajstić information content (AvgIpc) is 2.69. The third-order valence-corrected chi connectivity index (χ3v) is 2.97. The third-order valence-electron chi connectivity index (χ3n) is 2.97. The van der Waals surface area contributed by atoms with Gasteiger partial charge in [0.05, 0.1) is 6.54 Å². The zero-order chi connectivity index (χ0) is 13.9. The fourth-order valence-electron chi connectivity index (χ4n) is 2.03. The van der Waals surface area contributed by atoms with Crippen molar-refractivity contribution in [2.75, 3.05) is 19.6 Å². The molecule has 0 amide bonds. The molecule has 1 atom stereocenters. The molecule has 4 nitrogen and oxygen atoms in total. The van der Waals surface area contributed by atoms with Gasteiger partial charge in [-0.1, -0.05) is 18.2 Å². The molecule has 19 heavy (non-hydrogen) atoms. The molecule has 1 aromatic rings. The molecule has 1 fully saturated rings. The summed E-state index contributed by atoms with van der Waals surface area (Å²) in [5.74, 6) is -3.46. The van der Waals surface area contributed by atoms with E-state index in [9.17, 15) is 13.6 Å². The number of likely N-dealkylation sites (tertiary alicyclic amines) is 1. The zero-order valence-electron chi connectivity index (χ0n) is 10.3. The van der Waals surface area contributed by atoms with Crippen molar-refractivity contribution in [3.8, 4) is 5.75 Å². The van der Waals surface area contributed by atoms with Crippen LogP contribution in [0, 0.1) is 0 Å². The van der Waals surface area contributed by atoms with Crippen LogP contribution in [0.2, 0.25) is 0 Å². The minimum atomic E-state index is -2.73.